The molecule has 0 amide bonds. The highest BCUT2D eigenvalue weighted by Gasteiger charge is 1.97. The minimum Gasteiger partial charge on any atom is -0.262 e. The molecule has 0 atom stereocenters. The molecule has 0 aliphatic heterocycles. The fourth-order valence-corrected chi connectivity index (χ4v) is 2.12. The number of hydrogen-bond donors (Lipinski definition) is 0. The lowest BCUT2D eigenvalue weighted by Crippen LogP contribution is -1.59. The van der Waals surface area contributed by atoms with Gasteiger partial charge in [0.2, 0.25) is 0 Å². The molecule has 0 bridgehead atoms. The number of benzene rings is 1. The Hall–Kier alpha value is -0.280. The number of fused-ring (bicyclic) bond motifs is 1. The van der Waals surface area contributed by atoms with Crippen LogP contribution in [0.3, 0.4) is 0 Å². The molecule has 0 aliphatic rings. The second kappa shape index (κ2) is 5.56. The van der Waals surface area contributed by atoms with Gasteiger partial charge < -0.3 is 0 Å². The molecule has 1 aromatic heterocycles. The van der Waals surface area contributed by atoms with Crippen LogP contribution in [0.2, 0.25) is 5.02 Å². The normalized spacial score (nSPS) is 9.36. The van der Waals surface area contributed by atoms with E-state index in [-0.39, 0.29) is 0 Å². The molecule has 1 heterocycles. The van der Waals surface area contributed by atoms with E-state index in [1.807, 2.05) is 23.6 Å². The molecule has 0 fully saturated rings. The third-order valence-electron chi connectivity index (χ3n) is 1.43. The van der Waals surface area contributed by atoms with E-state index >= 15 is 0 Å². The van der Waals surface area contributed by atoms with E-state index in [0.717, 1.165) is 10.4 Å². The van der Waals surface area contributed by atoms with Crippen LogP contribution in [-0.2, 0) is 0 Å². The van der Waals surface area contributed by atoms with Crippen LogP contribution in [0.4, 0.5) is 4.79 Å². The summed E-state index contributed by atoms with van der Waals surface area (Å²) in [6.45, 7) is 0. The second-order valence-corrected chi connectivity index (χ2v) is 4.50. The summed E-state index contributed by atoms with van der Waals surface area (Å²) >= 11 is 16.4. The second-order valence-electron chi connectivity index (χ2n) is 2.31. The molecule has 0 saturated heterocycles. The fraction of sp³-hybridized carbons (Fsp3) is 0. The van der Waals surface area contributed by atoms with Gasteiger partial charge in [0, 0.05) is 15.5 Å². The van der Waals surface area contributed by atoms with Gasteiger partial charge in [-0.05, 0) is 29.3 Å². The number of carbonyl (C=O) groups excluding carboxylic acids is 1. The Labute approximate surface area is 100 Å². The van der Waals surface area contributed by atoms with Gasteiger partial charge in [0.25, 0.3) is 0 Å². The molecule has 0 spiro atoms. The van der Waals surface area contributed by atoms with Crippen molar-refractivity contribution in [2.24, 2.45) is 0 Å². The van der Waals surface area contributed by atoms with Crippen LogP contribution in [0.25, 0.3) is 10.1 Å². The van der Waals surface area contributed by atoms with Crippen LogP contribution >= 0.6 is 46.1 Å². The number of carbonyl (C=O) groups is 1. The number of halogens is 3. The minimum atomic E-state index is -0.889. The molecule has 2 aromatic rings. The van der Waals surface area contributed by atoms with Crippen LogP contribution < -0.4 is 0 Å². The Morgan fingerprint density at radius 1 is 1.21 bits per heavy atom. The van der Waals surface area contributed by atoms with Crippen LogP contribution in [0.1, 0.15) is 0 Å². The molecule has 5 heteroatoms. The maximum absolute atomic E-state index is 8.98. The van der Waals surface area contributed by atoms with Crippen molar-refractivity contribution in [3.63, 3.8) is 0 Å². The molecule has 0 aliphatic carbocycles. The first kappa shape index (κ1) is 11.8. The third-order valence-corrected chi connectivity index (χ3v) is 2.84. The van der Waals surface area contributed by atoms with Crippen LogP contribution in [-0.4, -0.2) is 4.70 Å². The van der Waals surface area contributed by atoms with Crippen molar-refractivity contribution in [2.75, 3.05) is 0 Å². The number of thiophene rings is 1. The predicted molar refractivity (Wildman–Crippen MR) is 63.9 cm³/mol. The summed E-state index contributed by atoms with van der Waals surface area (Å²) in [4.78, 5) is 8.98. The molecule has 2 rings (SSSR count). The first-order valence-electron chi connectivity index (χ1n) is 3.58. The van der Waals surface area contributed by atoms with E-state index < -0.39 is 4.70 Å². The molecular formula is C9H5Cl3OS. The molecule has 0 N–H and O–H groups in total. The summed E-state index contributed by atoms with van der Waals surface area (Å²) in [5.74, 6) is 0. The Bertz CT molecular complexity index is 434. The van der Waals surface area contributed by atoms with Gasteiger partial charge in [0.1, 0.15) is 0 Å². The van der Waals surface area contributed by atoms with Crippen molar-refractivity contribution < 1.29 is 4.79 Å². The summed E-state index contributed by atoms with van der Waals surface area (Å²) < 4.78 is 0.368. The molecule has 74 valence electrons. The standard InChI is InChI=1S/C8H5ClS.CCl2O/c9-7-5-10-8-4-2-1-3-6(7)8;2-1(3)4/h1-5H;. The van der Waals surface area contributed by atoms with Gasteiger partial charge in [-0.2, -0.15) is 0 Å². The smallest absolute Gasteiger partial charge is 0.262 e. The quantitative estimate of drug-likeness (QED) is 0.604. The number of hydrogen-bond acceptors (Lipinski definition) is 2. The van der Waals surface area contributed by atoms with E-state index in [2.05, 4.69) is 29.3 Å². The van der Waals surface area contributed by atoms with Gasteiger partial charge in [-0.25, -0.2) is 0 Å². The average Bonchev–Trinajstić information content (AvgIpc) is 2.48. The van der Waals surface area contributed by atoms with Crippen molar-refractivity contribution in [3.05, 3.63) is 34.7 Å². The van der Waals surface area contributed by atoms with E-state index in [4.69, 9.17) is 16.4 Å². The first-order valence-corrected chi connectivity index (χ1v) is 5.59. The molecular weight excluding hydrogens is 263 g/mol. The third kappa shape index (κ3) is 3.46. The molecule has 14 heavy (non-hydrogen) atoms. The van der Waals surface area contributed by atoms with Crippen LogP contribution in [0.15, 0.2) is 29.6 Å². The predicted octanol–water partition coefficient (Wildman–Crippen LogP) is 5.14. The molecule has 0 radical (unpaired) electrons. The van der Waals surface area contributed by atoms with Gasteiger partial charge in [-0.15, -0.1) is 11.3 Å². The lowest BCUT2D eigenvalue weighted by atomic mass is 10.3. The largest absolute Gasteiger partial charge is 0.313 e. The molecule has 0 saturated carbocycles. The lowest BCUT2D eigenvalue weighted by Gasteiger charge is -1.85. The van der Waals surface area contributed by atoms with Crippen molar-refractivity contribution in [1.29, 1.82) is 0 Å². The fourth-order valence-electron chi connectivity index (χ4n) is 0.945. The SMILES string of the molecule is Clc1csc2ccccc12.O=C(Cl)Cl. The highest BCUT2D eigenvalue weighted by atomic mass is 35.5. The van der Waals surface area contributed by atoms with Gasteiger partial charge in [0.15, 0.2) is 0 Å². The minimum absolute atomic E-state index is 0.862. The first-order chi connectivity index (χ1) is 6.61. The highest BCUT2D eigenvalue weighted by Crippen LogP contribution is 2.28. The summed E-state index contributed by atoms with van der Waals surface area (Å²) in [7, 11) is 0. The Balaban J connectivity index is 0.000000213. The van der Waals surface area contributed by atoms with E-state index in [1.54, 1.807) is 11.3 Å². The zero-order chi connectivity index (χ0) is 10.6. The summed E-state index contributed by atoms with van der Waals surface area (Å²) in [6.07, 6.45) is 0. The summed E-state index contributed by atoms with van der Waals surface area (Å²) in [5, 5.41) is 3.99. The Morgan fingerprint density at radius 3 is 2.36 bits per heavy atom. The Morgan fingerprint density at radius 2 is 1.79 bits per heavy atom. The lowest BCUT2D eigenvalue weighted by molar-refractivity contribution is 0.275. The van der Waals surface area contributed by atoms with Crippen LogP contribution in [0, 0.1) is 0 Å². The van der Waals surface area contributed by atoms with Crippen molar-refractivity contribution >= 4 is 60.9 Å². The maximum Gasteiger partial charge on any atom is 0.313 e. The van der Waals surface area contributed by atoms with Gasteiger partial charge in [-0.1, -0.05) is 29.8 Å². The summed E-state index contributed by atoms with van der Waals surface area (Å²) in [5.41, 5.74) is 0. The van der Waals surface area contributed by atoms with Crippen molar-refractivity contribution in [1.82, 2.24) is 0 Å². The van der Waals surface area contributed by atoms with Crippen molar-refractivity contribution in [3.8, 4) is 0 Å². The monoisotopic (exact) mass is 266 g/mol. The highest BCUT2D eigenvalue weighted by molar-refractivity contribution is 7.17. The zero-order valence-corrected chi connectivity index (χ0v) is 9.92. The molecule has 1 aromatic carbocycles. The van der Waals surface area contributed by atoms with Crippen molar-refractivity contribution in [2.45, 2.75) is 0 Å². The van der Waals surface area contributed by atoms with Crippen LogP contribution in [0.5, 0.6) is 0 Å². The molecule has 1 nitrogen and oxygen atoms in total. The van der Waals surface area contributed by atoms with Gasteiger partial charge in [-0.3, -0.25) is 4.79 Å². The van der Waals surface area contributed by atoms with Gasteiger partial charge >= 0.3 is 4.70 Å². The Kier molecular flexibility index (Phi) is 4.69. The zero-order valence-electron chi connectivity index (χ0n) is 6.84. The van der Waals surface area contributed by atoms with E-state index in [0.29, 0.717) is 0 Å². The maximum atomic E-state index is 8.98. The summed E-state index contributed by atoms with van der Waals surface area (Å²) in [6, 6.07) is 8.14. The number of rotatable bonds is 0. The van der Waals surface area contributed by atoms with Gasteiger partial charge in [0.05, 0.1) is 5.02 Å². The van der Waals surface area contributed by atoms with E-state index in [9.17, 15) is 0 Å². The average molecular weight is 268 g/mol. The molecule has 0 unspecified atom stereocenters. The topological polar surface area (TPSA) is 17.1 Å². The van der Waals surface area contributed by atoms with E-state index in [1.165, 1.54) is 4.70 Å².